The second-order valence-corrected chi connectivity index (χ2v) is 4.35. The molecule has 1 rings (SSSR count). The summed E-state index contributed by atoms with van der Waals surface area (Å²) in [4.78, 5) is 11.7. The fourth-order valence-corrected chi connectivity index (χ4v) is 1.56. The van der Waals surface area contributed by atoms with Gasteiger partial charge in [-0.15, -0.1) is 0 Å². The van der Waals surface area contributed by atoms with Crippen LogP contribution in [0.3, 0.4) is 0 Å². The first-order chi connectivity index (χ1) is 10.2. The molecule has 6 nitrogen and oxygen atoms in total. The number of hydrogen-bond donors (Lipinski definition) is 1. The van der Waals surface area contributed by atoms with Crippen LogP contribution < -0.4 is 9.47 Å². The molecule has 0 bridgehead atoms. The largest absolute Gasteiger partial charge is 0.504 e. The van der Waals surface area contributed by atoms with Crippen molar-refractivity contribution >= 4 is 5.97 Å². The van der Waals surface area contributed by atoms with Crippen molar-refractivity contribution in [3.05, 3.63) is 18.2 Å². The Balaban J connectivity index is 2.58. The zero-order valence-corrected chi connectivity index (χ0v) is 12.5. The number of benzene rings is 1. The summed E-state index contributed by atoms with van der Waals surface area (Å²) in [5, 5.41) is 9.80. The van der Waals surface area contributed by atoms with Gasteiger partial charge in [0.2, 0.25) is 5.75 Å². The maximum absolute atomic E-state index is 11.7. The fraction of sp³-hybridized carbons (Fsp3) is 0.533. The first-order valence-corrected chi connectivity index (χ1v) is 6.91. The zero-order chi connectivity index (χ0) is 15.5. The molecule has 0 aliphatic carbocycles. The molecule has 0 amide bonds. The number of hydrogen-bond acceptors (Lipinski definition) is 6. The molecule has 0 aromatic heterocycles. The molecule has 0 heterocycles. The summed E-state index contributed by atoms with van der Waals surface area (Å²) < 4.78 is 20.5. The van der Waals surface area contributed by atoms with Crippen LogP contribution in [-0.2, 0) is 14.3 Å². The zero-order valence-electron chi connectivity index (χ0n) is 12.5. The second kappa shape index (κ2) is 10.0. The van der Waals surface area contributed by atoms with Gasteiger partial charge < -0.3 is 24.1 Å². The van der Waals surface area contributed by atoms with Crippen LogP contribution in [0, 0.1) is 0 Å². The SMILES string of the molecule is CCCCC(=O)Oc1c(O)cccc1OCCOCOC. The van der Waals surface area contributed by atoms with Crippen molar-refractivity contribution in [2.24, 2.45) is 0 Å². The van der Waals surface area contributed by atoms with E-state index >= 15 is 0 Å². The lowest BCUT2D eigenvalue weighted by Crippen LogP contribution is -2.11. The van der Waals surface area contributed by atoms with E-state index < -0.39 is 0 Å². The van der Waals surface area contributed by atoms with Gasteiger partial charge in [-0.1, -0.05) is 19.4 Å². The van der Waals surface area contributed by atoms with Crippen LogP contribution in [0.5, 0.6) is 17.2 Å². The summed E-state index contributed by atoms with van der Waals surface area (Å²) in [5.41, 5.74) is 0. The van der Waals surface area contributed by atoms with Crippen molar-refractivity contribution < 1.29 is 28.8 Å². The highest BCUT2D eigenvalue weighted by Gasteiger charge is 2.14. The molecule has 0 unspecified atom stereocenters. The van der Waals surface area contributed by atoms with Crippen molar-refractivity contribution in [1.29, 1.82) is 0 Å². The number of unbranched alkanes of at least 4 members (excludes halogenated alkanes) is 1. The minimum Gasteiger partial charge on any atom is -0.504 e. The van der Waals surface area contributed by atoms with Gasteiger partial charge in [0, 0.05) is 13.5 Å². The van der Waals surface area contributed by atoms with E-state index in [1.54, 1.807) is 12.1 Å². The number of carbonyl (C=O) groups is 1. The molecule has 21 heavy (non-hydrogen) atoms. The summed E-state index contributed by atoms with van der Waals surface area (Å²) >= 11 is 0. The van der Waals surface area contributed by atoms with Gasteiger partial charge >= 0.3 is 5.97 Å². The number of rotatable bonds is 10. The Kier molecular flexibility index (Phi) is 8.23. The van der Waals surface area contributed by atoms with Crippen LogP contribution in [0.2, 0.25) is 0 Å². The number of esters is 1. The Labute approximate surface area is 124 Å². The van der Waals surface area contributed by atoms with Gasteiger partial charge in [-0.2, -0.15) is 0 Å². The van der Waals surface area contributed by atoms with Gasteiger partial charge in [0.15, 0.2) is 11.5 Å². The number of aromatic hydroxyl groups is 1. The molecule has 0 radical (unpaired) electrons. The van der Waals surface area contributed by atoms with Crippen LogP contribution in [0.15, 0.2) is 18.2 Å². The Morgan fingerprint density at radius 3 is 2.81 bits per heavy atom. The smallest absolute Gasteiger partial charge is 0.311 e. The van der Waals surface area contributed by atoms with Crippen molar-refractivity contribution in [3.8, 4) is 17.2 Å². The van der Waals surface area contributed by atoms with Crippen molar-refractivity contribution in [2.75, 3.05) is 27.1 Å². The van der Waals surface area contributed by atoms with E-state index in [-0.39, 0.29) is 30.9 Å². The second-order valence-electron chi connectivity index (χ2n) is 4.35. The van der Waals surface area contributed by atoms with E-state index in [2.05, 4.69) is 0 Å². The maximum Gasteiger partial charge on any atom is 0.311 e. The van der Waals surface area contributed by atoms with Crippen molar-refractivity contribution in [1.82, 2.24) is 0 Å². The number of phenols is 1. The molecular formula is C15H22O6. The molecular weight excluding hydrogens is 276 g/mol. The van der Waals surface area contributed by atoms with Crippen LogP contribution in [-0.4, -0.2) is 38.2 Å². The summed E-state index contributed by atoms with van der Waals surface area (Å²) in [7, 11) is 1.53. The first kappa shape index (κ1) is 17.3. The van der Waals surface area contributed by atoms with Gasteiger partial charge in [-0.25, -0.2) is 0 Å². The summed E-state index contributed by atoms with van der Waals surface area (Å²) in [5.74, 6) is -0.166. The summed E-state index contributed by atoms with van der Waals surface area (Å²) in [6.45, 7) is 2.75. The first-order valence-electron chi connectivity index (χ1n) is 6.91. The highest BCUT2D eigenvalue weighted by molar-refractivity contribution is 5.74. The minimum absolute atomic E-state index is 0.0466. The molecule has 0 saturated carbocycles. The van der Waals surface area contributed by atoms with Gasteiger partial charge in [-0.05, 0) is 18.6 Å². The van der Waals surface area contributed by atoms with E-state index in [9.17, 15) is 9.90 Å². The molecule has 6 heteroatoms. The molecule has 0 aliphatic rings. The van der Waals surface area contributed by atoms with Gasteiger partial charge in [0.05, 0.1) is 6.61 Å². The summed E-state index contributed by atoms with van der Waals surface area (Å²) in [6.07, 6.45) is 1.95. The van der Waals surface area contributed by atoms with E-state index in [1.807, 2.05) is 6.92 Å². The maximum atomic E-state index is 11.7. The highest BCUT2D eigenvalue weighted by atomic mass is 16.7. The third-order valence-electron chi connectivity index (χ3n) is 2.59. The van der Waals surface area contributed by atoms with Crippen LogP contribution >= 0.6 is 0 Å². The molecule has 0 fully saturated rings. The monoisotopic (exact) mass is 298 g/mol. The van der Waals surface area contributed by atoms with Crippen molar-refractivity contribution in [3.63, 3.8) is 0 Å². The Bertz CT molecular complexity index is 432. The standard InChI is InChI=1S/C15H22O6/c1-3-4-8-14(17)21-15-12(16)6-5-7-13(15)20-10-9-19-11-18-2/h5-7,16H,3-4,8-11H2,1-2H3. The molecule has 0 saturated heterocycles. The van der Waals surface area contributed by atoms with E-state index in [4.69, 9.17) is 18.9 Å². The highest BCUT2D eigenvalue weighted by Crippen LogP contribution is 2.36. The lowest BCUT2D eigenvalue weighted by molar-refractivity contribution is -0.134. The van der Waals surface area contributed by atoms with E-state index in [1.165, 1.54) is 13.2 Å². The third kappa shape index (κ3) is 6.46. The Morgan fingerprint density at radius 1 is 1.29 bits per heavy atom. The third-order valence-corrected chi connectivity index (χ3v) is 2.59. The minimum atomic E-state index is -0.390. The summed E-state index contributed by atoms with van der Waals surface area (Å²) in [6, 6.07) is 4.68. The molecule has 1 aromatic carbocycles. The lowest BCUT2D eigenvalue weighted by atomic mass is 10.2. The number of carbonyl (C=O) groups excluding carboxylic acids is 1. The number of phenolic OH excluding ortho intramolecular Hbond substituents is 1. The van der Waals surface area contributed by atoms with Crippen molar-refractivity contribution in [2.45, 2.75) is 26.2 Å². The predicted molar refractivity (Wildman–Crippen MR) is 76.6 cm³/mol. The van der Waals surface area contributed by atoms with Gasteiger partial charge in [0.1, 0.15) is 13.4 Å². The topological polar surface area (TPSA) is 74.2 Å². The number of para-hydroxylation sites is 1. The molecule has 0 spiro atoms. The molecule has 0 atom stereocenters. The molecule has 0 aliphatic heterocycles. The Morgan fingerprint density at radius 2 is 2.10 bits per heavy atom. The van der Waals surface area contributed by atoms with Gasteiger partial charge in [0.25, 0.3) is 0 Å². The van der Waals surface area contributed by atoms with Crippen LogP contribution in [0.4, 0.5) is 0 Å². The van der Waals surface area contributed by atoms with Crippen LogP contribution in [0.1, 0.15) is 26.2 Å². The molecule has 1 aromatic rings. The normalized spacial score (nSPS) is 10.4. The van der Waals surface area contributed by atoms with E-state index in [0.717, 1.165) is 12.8 Å². The molecule has 118 valence electrons. The lowest BCUT2D eigenvalue weighted by Gasteiger charge is -2.12. The van der Waals surface area contributed by atoms with Gasteiger partial charge in [-0.3, -0.25) is 4.79 Å². The number of methoxy groups -OCH3 is 1. The quantitative estimate of drug-likeness (QED) is 0.309. The predicted octanol–water partition coefficient (Wildman–Crippen LogP) is 2.49. The average Bonchev–Trinajstić information content (AvgIpc) is 2.48. The number of ether oxygens (including phenoxy) is 4. The van der Waals surface area contributed by atoms with E-state index in [0.29, 0.717) is 18.8 Å². The fourth-order valence-electron chi connectivity index (χ4n) is 1.56. The Hall–Kier alpha value is -1.79. The van der Waals surface area contributed by atoms with Crippen LogP contribution in [0.25, 0.3) is 0 Å². The average molecular weight is 298 g/mol. The molecule has 1 N–H and O–H groups in total.